The molecule has 2 aromatic rings. The number of hydrogen-bond donors (Lipinski definition) is 0. The Labute approximate surface area is 163 Å². The van der Waals surface area contributed by atoms with Crippen molar-refractivity contribution in [3.8, 4) is 0 Å². The quantitative estimate of drug-likeness (QED) is 0.531. The van der Waals surface area contributed by atoms with Crippen LogP contribution >= 0.6 is 0 Å². The lowest BCUT2D eigenvalue weighted by atomic mass is 9.98. The number of rotatable bonds is 3. The zero-order chi connectivity index (χ0) is 16.6. The number of anilines is 1. The monoisotopic (exact) mass is 434 g/mol. The molecule has 0 bridgehead atoms. The van der Waals surface area contributed by atoms with Crippen LogP contribution in [0.2, 0.25) is 0 Å². The van der Waals surface area contributed by atoms with E-state index < -0.39 is 0 Å². The second-order valence-corrected chi connectivity index (χ2v) is 7.14. The Balaban J connectivity index is 0.00000208. The van der Waals surface area contributed by atoms with E-state index >= 15 is 0 Å². The van der Waals surface area contributed by atoms with E-state index in [0.29, 0.717) is 11.8 Å². The van der Waals surface area contributed by atoms with E-state index in [1.54, 1.807) is 0 Å². The minimum atomic E-state index is 0. The summed E-state index contributed by atoms with van der Waals surface area (Å²) in [5.74, 6) is 1.14. The van der Waals surface area contributed by atoms with Gasteiger partial charge in [0.15, 0.2) is 0 Å². The van der Waals surface area contributed by atoms with Gasteiger partial charge < -0.3 is 24.0 Å². The van der Waals surface area contributed by atoms with Gasteiger partial charge in [-0.2, -0.15) is 0 Å². The van der Waals surface area contributed by atoms with Crippen LogP contribution in [0.1, 0.15) is 56.2 Å². The molecule has 1 heterocycles. The molecule has 0 radical (unpaired) electrons. The smallest absolute Gasteiger partial charge is 0.244 e. The van der Waals surface area contributed by atoms with Crippen molar-refractivity contribution >= 4 is 17.7 Å². The third-order valence-electron chi connectivity index (χ3n) is 4.69. The summed E-state index contributed by atoms with van der Waals surface area (Å²) in [6, 6.07) is 15.8. The largest absolute Gasteiger partial charge is 1.00 e. The Morgan fingerprint density at radius 2 is 1.46 bits per heavy atom. The second-order valence-electron chi connectivity index (χ2n) is 7.14. The van der Waals surface area contributed by atoms with Gasteiger partial charge in [-0.25, -0.2) is 9.48 Å². The first kappa shape index (κ1) is 19.0. The summed E-state index contributed by atoms with van der Waals surface area (Å²) in [5.41, 5.74) is 6.76. The zero-order valence-corrected chi connectivity index (χ0v) is 17.4. The molecular formula is C21H27IN2. The van der Waals surface area contributed by atoms with Crippen molar-refractivity contribution in [2.45, 2.75) is 46.1 Å². The average molecular weight is 434 g/mol. The fourth-order valence-corrected chi connectivity index (χ4v) is 3.14. The molecule has 0 N–H and O–H groups in total. The van der Waals surface area contributed by atoms with Gasteiger partial charge in [0.25, 0.3) is 0 Å². The van der Waals surface area contributed by atoms with Gasteiger partial charge in [-0.3, -0.25) is 0 Å². The number of fused-ring (bicyclic) bond motifs is 1. The van der Waals surface area contributed by atoms with Gasteiger partial charge in [0, 0.05) is 5.56 Å². The molecule has 24 heavy (non-hydrogen) atoms. The summed E-state index contributed by atoms with van der Waals surface area (Å²) in [7, 11) is 2.13. The van der Waals surface area contributed by atoms with Crippen LogP contribution in [-0.2, 0) is 6.54 Å². The standard InChI is InChI=1S/C21H27N2.HI/c1-15(2)17-6-9-20(10-7-17)23-13-19-12-18(16(3)4)8-11-21(19)22(5)14-23;/h6-12,14-16H,13H2,1-5H3;1H/q+1;/p-1. The van der Waals surface area contributed by atoms with Crippen molar-refractivity contribution in [3.05, 3.63) is 59.2 Å². The van der Waals surface area contributed by atoms with Crippen LogP contribution < -0.4 is 28.9 Å². The molecule has 2 nitrogen and oxygen atoms in total. The van der Waals surface area contributed by atoms with Gasteiger partial charge in [0.2, 0.25) is 6.34 Å². The van der Waals surface area contributed by atoms with Crippen LogP contribution in [0.4, 0.5) is 11.4 Å². The fraction of sp³-hybridized carbons (Fsp3) is 0.381. The number of nitrogens with zero attached hydrogens (tertiary/aromatic N) is 2. The average Bonchev–Trinajstić information content (AvgIpc) is 2.54. The van der Waals surface area contributed by atoms with Gasteiger partial charge in [-0.15, -0.1) is 0 Å². The van der Waals surface area contributed by atoms with Gasteiger partial charge in [-0.05, 0) is 47.2 Å². The highest BCUT2D eigenvalue weighted by molar-refractivity contribution is 5.79. The molecule has 0 amide bonds. The van der Waals surface area contributed by atoms with Crippen LogP contribution in [-0.4, -0.2) is 18.0 Å². The molecule has 128 valence electrons. The summed E-state index contributed by atoms with van der Waals surface area (Å²) in [6.07, 6.45) is 2.20. The summed E-state index contributed by atoms with van der Waals surface area (Å²) < 4.78 is 2.22. The summed E-state index contributed by atoms with van der Waals surface area (Å²) in [6.45, 7) is 9.91. The first-order chi connectivity index (χ1) is 11.0. The Kier molecular flexibility index (Phi) is 6.07. The van der Waals surface area contributed by atoms with Gasteiger partial charge in [-0.1, -0.05) is 45.9 Å². The molecule has 0 saturated heterocycles. The van der Waals surface area contributed by atoms with Crippen LogP contribution in [0.5, 0.6) is 0 Å². The lowest BCUT2D eigenvalue weighted by molar-refractivity contribution is -0.403. The Morgan fingerprint density at radius 1 is 0.875 bits per heavy atom. The SMILES string of the molecule is CC(C)c1ccc(N2C=[N+](C)c3ccc(C(C)C)cc3C2)cc1.[I-]. The molecule has 0 aromatic heterocycles. The van der Waals surface area contributed by atoms with Crippen LogP contribution in [0, 0.1) is 0 Å². The molecule has 1 aliphatic rings. The third kappa shape index (κ3) is 3.82. The lowest BCUT2D eigenvalue weighted by Crippen LogP contribution is -3.00. The molecule has 0 fully saturated rings. The van der Waals surface area contributed by atoms with E-state index in [9.17, 15) is 0 Å². The minimum Gasteiger partial charge on any atom is -1.00 e. The molecule has 3 heteroatoms. The van der Waals surface area contributed by atoms with E-state index in [-0.39, 0.29) is 24.0 Å². The first-order valence-corrected chi connectivity index (χ1v) is 8.53. The predicted octanol–water partition coefficient (Wildman–Crippen LogP) is 2.26. The van der Waals surface area contributed by atoms with Crippen molar-refractivity contribution in [1.82, 2.24) is 0 Å². The topological polar surface area (TPSA) is 6.25 Å². The highest BCUT2D eigenvalue weighted by Crippen LogP contribution is 2.30. The lowest BCUT2D eigenvalue weighted by Gasteiger charge is -2.22. The molecule has 0 atom stereocenters. The summed E-state index contributed by atoms with van der Waals surface area (Å²) >= 11 is 0. The van der Waals surface area contributed by atoms with E-state index in [0.717, 1.165) is 6.54 Å². The van der Waals surface area contributed by atoms with E-state index in [1.807, 2.05) is 0 Å². The van der Waals surface area contributed by atoms with Crippen LogP contribution in [0.25, 0.3) is 0 Å². The van der Waals surface area contributed by atoms with Crippen molar-refractivity contribution in [2.24, 2.45) is 0 Å². The fourth-order valence-electron chi connectivity index (χ4n) is 3.14. The van der Waals surface area contributed by atoms with Gasteiger partial charge in [0.05, 0.1) is 7.05 Å². The molecule has 1 aliphatic heterocycles. The van der Waals surface area contributed by atoms with Crippen molar-refractivity contribution in [3.63, 3.8) is 0 Å². The summed E-state index contributed by atoms with van der Waals surface area (Å²) in [5, 5.41) is 0. The molecule has 0 spiro atoms. The summed E-state index contributed by atoms with van der Waals surface area (Å²) in [4.78, 5) is 2.33. The number of benzene rings is 2. The maximum Gasteiger partial charge on any atom is 0.244 e. The van der Waals surface area contributed by atoms with Gasteiger partial charge >= 0.3 is 0 Å². The van der Waals surface area contributed by atoms with Crippen molar-refractivity contribution in [2.75, 3.05) is 11.9 Å². The molecule has 0 unspecified atom stereocenters. The van der Waals surface area contributed by atoms with Gasteiger partial charge in [0.1, 0.15) is 17.9 Å². The third-order valence-corrected chi connectivity index (χ3v) is 4.69. The van der Waals surface area contributed by atoms with Crippen LogP contribution in [0.3, 0.4) is 0 Å². The number of hydrogen-bond acceptors (Lipinski definition) is 1. The minimum absolute atomic E-state index is 0. The normalized spacial score (nSPS) is 13.6. The Hall–Kier alpha value is -1.36. The van der Waals surface area contributed by atoms with E-state index in [2.05, 4.69) is 93.0 Å². The van der Waals surface area contributed by atoms with Crippen molar-refractivity contribution in [1.29, 1.82) is 0 Å². The van der Waals surface area contributed by atoms with E-state index in [4.69, 9.17) is 0 Å². The molecule has 3 rings (SSSR count). The van der Waals surface area contributed by atoms with E-state index in [1.165, 1.54) is 28.1 Å². The second kappa shape index (κ2) is 7.68. The highest BCUT2D eigenvalue weighted by atomic mass is 127. The Morgan fingerprint density at radius 3 is 2.04 bits per heavy atom. The molecular weight excluding hydrogens is 407 g/mol. The van der Waals surface area contributed by atoms with Crippen molar-refractivity contribution < 1.29 is 28.6 Å². The highest BCUT2D eigenvalue weighted by Gasteiger charge is 2.23. The Bertz CT molecular complexity index is 730. The zero-order valence-electron chi connectivity index (χ0n) is 15.3. The maximum atomic E-state index is 2.36. The first-order valence-electron chi connectivity index (χ1n) is 8.53. The molecule has 2 aromatic carbocycles. The molecule has 0 saturated carbocycles. The number of halogens is 1. The predicted molar refractivity (Wildman–Crippen MR) is 99.2 cm³/mol. The maximum absolute atomic E-state index is 2.36. The molecule has 0 aliphatic carbocycles. The van der Waals surface area contributed by atoms with Crippen LogP contribution in [0.15, 0.2) is 42.5 Å².